The molecule has 0 radical (unpaired) electrons. The zero-order valence-electron chi connectivity index (χ0n) is 33.4. The summed E-state index contributed by atoms with van der Waals surface area (Å²) in [6.45, 7) is 4.75. The van der Waals surface area contributed by atoms with Crippen LogP contribution in [0.3, 0.4) is 0 Å². The van der Waals surface area contributed by atoms with E-state index in [1.54, 1.807) is 0 Å². The Hall–Kier alpha value is -7.00. The summed E-state index contributed by atoms with van der Waals surface area (Å²) in [7, 11) is 0. The van der Waals surface area contributed by atoms with Gasteiger partial charge in [0, 0.05) is 32.1 Å². The molecule has 60 heavy (non-hydrogen) atoms. The highest BCUT2D eigenvalue weighted by molar-refractivity contribution is 7.26. The second kappa shape index (κ2) is 12.3. The monoisotopic (exact) mass is 781 g/mol. The van der Waals surface area contributed by atoms with Gasteiger partial charge >= 0.3 is 0 Å². The number of thiophene rings is 1. The maximum Gasteiger partial charge on any atom is 0.0725 e. The van der Waals surface area contributed by atoms with Crippen molar-refractivity contribution in [2.24, 2.45) is 0 Å². The highest BCUT2D eigenvalue weighted by Crippen LogP contribution is 2.63. The number of fused-ring (bicyclic) bond motifs is 16. The number of hydrogen-bond acceptors (Lipinski definition) is 2. The van der Waals surface area contributed by atoms with Crippen LogP contribution >= 0.6 is 11.3 Å². The van der Waals surface area contributed by atoms with Gasteiger partial charge in [0.25, 0.3) is 0 Å². The van der Waals surface area contributed by atoms with Crippen molar-refractivity contribution in [2.75, 3.05) is 4.90 Å². The molecule has 1 heterocycles. The quantitative estimate of drug-likeness (QED) is 0.172. The molecule has 0 N–H and O–H groups in total. The molecule has 1 aromatic heterocycles. The van der Waals surface area contributed by atoms with Gasteiger partial charge in [0.2, 0.25) is 0 Å². The number of anilines is 3. The Bertz CT molecular complexity index is 3390. The molecule has 10 aromatic rings. The molecule has 1 spiro atoms. The zero-order chi connectivity index (χ0) is 39.7. The third-order valence-electron chi connectivity index (χ3n) is 13.9. The Morgan fingerprint density at radius 1 is 0.367 bits per heavy atom. The predicted molar refractivity (Wildman–Crippen MR) is 253 cm³/mol. The minimum absolute atomic E-state index is 0.0972. The molecule has 282 valence electrons. The lowest BCUT2D eigenvalue weighted by Gasteiger charge is -2.32. The minimum Gasteiger partial charge on any atom is -0.308 e. The van der Waals surface area contributed by atoms with Gasteiger partial charge in [-0.1, -0.05) is 184 Å². The van der Waals surface area contributed by atoms with Gasteiger partial charge < -0.3 is 4.90 Å². The minimum atomic E-state index is -0.392. The fourth-order valence-electron chi connectivity index (χ4n) is 11.4. The van der Waals surface area contributed by atoms with E-state index in [1.807, 2.05) is 11.3 Å². The average molecular weight is 782 g/mol. The zero-order valence-corrected chi connectivity index (χ0v) is 34.2. The van der Waals surface area contributed by atoms with Crippen LogP contribution in [0.4, 0.5) is 17.1 Å². The van der Waals surface area contributed by atoms with E-state index >= 15 is 0 Å². The van der Waals surface area contributed by atoms with Gasteiger partial charge in [-0.2, -0.15) is 0 Å². The van der Waals surface area contributed by atoms with Crippen LogP contribution < -0.4 is 4.90 Å². The predicted octanol–water partition coefficient (Wildman–Crippen LogP) is 15.8. The normalized spacial score (nSPS) is 14.4. The van der Waals surface area contributed by atoms with Gasteiger partial charge in [-0.05, 0) is 103 Å². The van der Waals surface area contributed by atoms with Crippen molar-refractivity contribution >= 4 is 48.6 Å². The molecule has 0 amide bonds. The molecule has 0 atom stereocenters. The second-order valence-electron chi connectivity index (χ2n) is 17.1. The van der Waals surface area contributed by atoms with Crippen molar-refractivity contribution in [3.05, 3.63) is 234 Å². The van der Waals surface area contributed by atoms with Gasteiger partial charge in [-0.3, -0.25) is 0 Å². The van der Waals surface area contributed by atoms with E-state index in [0.29, 0.717) is 0 Å². The van der Waals surface area contributed by atoms with Gasteiger partial charge in [0.1, 0.15) is 0 Å². The summed E-state index contributed by atoms with van der Waals surface area (Å²) in [5.41, 5.74) is 21.6. The van der Waals surface area contributed by atoms with Gasteiger partial charge in [-0.15, -0.1) is 11.3 Å². The van der Waals surface area contributed by atoms with E-state index in [1.165, 1.54) is 104 Å². The largest absolute Gasteiger partial charge is 0.308 e. The third kappa shape index (κ3) is 4.31. The highest BCUT2D eigenvalue weighted by atomic mass is 32.1. The molecular formula is C58H39NS. The SMILES string of the molecule is CC1(C)c2ccccc2-c2c(-c3ccccc3N(c3ccc4c(c3)-c3ccccc3C43c4ccccc4-c4ccccc43)c3cccc4c3sc3ccccc34)cccc21. The Morgan fingerprint density at radius 3 is 1.60 bits per heavy atom. The molecule has 0 aliphatic heterocycles. The Kier molecular flexibility index (Phi) is 6.94. The molecule has 3 aliphatic carbocycles. The van der Waals surface area contributed by atoms with Gasteiger partial charge in [0.05, 0.1) is 21.5 Å². The van der Waals surface area contributed by atoms with Crippen LogP contribution in [-0.4, -0.2) is 0 Å². The van der Waals surface area contributed by atoms with Crippen molar-refractivity contribution in [2.45, 2.75) is 24.7 Å². The molecule has 9 aromatic carbocycles. The van der Waals surface area contributed by atoms with Crippen LogP contribution in [-0.2, 0) is 10.8 Å². The van der Waals surface area contributed by atoms with Crippen LogP contribution in [0, 0.1) is 0 Å². The first-order chi connectivity index (χ1) is 29.5. The summed E-state index contributed by atoms with van der Waals surface area (Å²) in [5.74, 6) is 0. The molecule has 0 saturated carbocycles. The molecule has 13 rings (SSSR count). The number of hydrogen-bond donors (Lipinski definition) is 0. The lowest BCUT2D eigenvalue weighted by molar-refractivity contribution is 0.660. The fourth-order valence-corrected chi connectivity index (χ4v) is 12.6. The maximum absolute atomic E-state index is 2.56. The number of benzene rings is 9. The van der Waals surface area contributed by atoms with Crippen LogP contribution in [0.25, 0.3) is 64.7 Å². The lowest BCUT2D eigenvalue weighted by Crippen LogP contribution is -2.25. The standard InChI is InChI=1S/C58H39NS/c1-57(2)46-25-9-6-22-44(46)55-42(23-15-29-51(55)57)40-20-7-13-30-52(40)59(53-31-16-24-43-41-21-8-14-32-54(41)60-56(43)53)36-33-34-50-45(35-36)39-19-5-12-28-49(39)58(50)47-26-10-3-17-37(47)38-18-4-11-27-48(38)58/h3-35H,1-2H3. The molecule has 0 saturated heterocycles. The van der Waals surface area contributed by atoms with Crippen molar-refractivity contribution in [1.82, 2.24) is 0 Å². The van der Waals surface area contributed by atoms with Crippen molar-refractivity contribution < 1.29 is 0 Å². The van der Waals surface area contributed by atoms with E-state index < -0.39 is 5.41 Å². The smallest absolute Gasteiger partial charge is 0.0725 e. The number of para-hydroxylation sites is 1. The van der Waals surface area contributed by atoms with E-state index in [4.69, 9.17) is 0 Å². The molecular weight excluding hydrogens is 743 g/mol. The molecule has 3 aliphatic rings. The summed E-state index contributed by atoms with van der Waals surface area (Å²) < 4.78 is 2.59. The van der Waals surface area contributed by atoms with E-state index in [0.717, 1.165) is 11.4 Å². The Labute approximate surface area is 354 Å². The van der Waals surface area contributed by atoms with E-state index in [2.05, 4.69) is 219 Å². The summed E-state index contributed by atoms with van der Waals surface area (Å²) >= 11 is 1.89. The Balaban J connectivity index is 1.10. The van der Waals surface area contributed by atoms with Crippen LogP contribution in [0.15, 0.2) is 200 Å². The molecule has 1 nitrogen and oxygen atoms in total. The molecule has 0 fully saturated rings. The summed E-state index contributed by atoms with van der Waals surface area (Å²) in [6, 6.07) is 75.4. The Morgan fingerprint density at radius 2 is 0.867 bits per heavy atom. The lowest BCUT2D eigenvalue weighted by atomic mass is 9.70. The van der Waals surface area contributed by atoms with E-state index in [-0.39, 0.29) is 5.41 Å². The third-order valence-corrected chi connectivity index (χ3v) is 15.1. The topological polar surface area (TPSA) is 3.24 Å². The molecule has 2 heteroatoms. The van der Waals surface area contributed by atoms with Crippen molar-refractivity contribution in [1.29, 1.82) is 0 Å². The number of nitrogens with zero attached hydrogens (tertiary/aromatic N) is 1. The van der Waals surface area contributed by atoms with Crippen molar-refractivity contribution in [3.8, 4) is 44.5 Å². The molecule has 0 bridgehead atoms. The first-order valence-electron chi connectivity index (χ1n) is 21.0. The highest BCUT2D eigenvalue weighted by Gasteiger charge is 2.51. The van der Waals surface area contributed by atoms with Crippen LogP contribution in [0.5, 0.6) is 0 Å². The number of rotatable bonds is 4. The van der Waals surface area contributed by atoms with Crippen LogP contribution in [0.1, 0.15) is 47.2 Å². The second-order valence-corrected chi connectivity index (χ2v) is 18.2. The molecule has 0 unspecified atom stereocenters. The summed E-state index contributed by atoms with van der Waals surface area (Å²) in [6.07, 6.45) is 0. The average Bonchev–Trinajstić information content (AvgIpc) is 3.99. The van der Waals surface area contributed by atoms with Crippen molar-refractivity contribution in [3.63, 3.8) is 0 Å². The summed E-state index contributed by atoms with van der Waals surface area (Å²) in [4.78, 5) is 2.56. The first-order valence-corrected chi connectivity index (χ1v) is 21.8. The fraction of sp³-hybridized carbons (Fsp3) is 0.0690. The van der Waals surface area contributed by atoms with E-state index in [9.17, 15) is 0 Å². The summed E-state index contributed by atoms with van der Waals surface area (Å²) in [5, 5.41) is 2.59. The van der Waals surface area contributed by atoms with Crippen LogP contribution in [0.2, 0.25) is 0 Å². The maximum atomic E-state index is 2.56. The van der Waals surface area contributed by atoms with Gasteiger partial charge in [-0.25, -0.2) is 0 Å². The first kappa shape index (κ1) is 33.9. The van der Waals surface area contributed by atoms with Gasteiger partial charge in [0.15, 0.2) is 0 Å².